The van der Waals surface area contributed by atoms with Gasteiger partial charge in [-0.1, -0.05) is 0 Å². The van der Waals surface area contributed by atoms with Gasteiger partial charge in [-0.2, -0.15) is 9.47 Å². The molecule has 0 saturated heterocycles. The van der Waals surface area contributed by atoms with Crippen LogP contribution in [-0.4, -0.2) is 19.6 Å². The number of nitrogens with zero attached hydrogens (tertiary/aromatic N) is 3. The van der Waals surface area contributed by atoms with E-state index in [4.69, 9.17) is 0 Å². The highest BCUT2D eigenvalue weighted by Gasteiger charge is 2.27. The van der Waals surface area contributed by atoms with Crippen molar-refractivity contribution in [2.45, 2.75) is 31.7 Å². The molecule has 0 aliphatic heterocycles. The van der Waals surface area contributed by atoms with Crippen molar-refractivity contribution in [3.8, 4) is 0 Å². The van der Waals surface area contributed by atoms with Crippen LogP contribution >= 0.6 is 11.5 Å². The first-order valence-corrected chi connectivity index (χ1v) is 6.19. The number of anilines is 1. The van der Waals surface area contributed by atoms with Crippen molar-refractivity contribution in [2.24, 2.45) is 0 Å². The minimum atomic E-state index is 0.207. The second-order valence-electron chi connectivity index (χ2n) is 4.13. The van der Waals surface area contributed by atoms with Crippen LogP contribution in [0.1, 0.15) is 43.1 Å². The molecule has 3 rings (SSSR count). The van der Waals surface area contributed by atoms with Crippen LogP contribution in [0.15, 0.2) is 12.4 Å². The summed E-state index contributed by atoms with van der Waals surface area (Å²) in [6.45, 7) is 2.09. The maximum absolute atomic E-state index is 4.49. The second-order valence-corrected chi connectivity index (χ2v) is 4.88. The van der Waals surface area contributed by atoms with Crippen LogP contribution in [0.25, 0.3) is 0 Å². The van der Waals surface area contributed by atoms with Crippen LogP contribution in [0, 0.1) is 0 Å². The Kier molecular flexibility index (Phi) is 2.36. The fourth-order valence-corrected chi connectivity index (χ4v) is 2.30. The smallest absolute Gasteiger partial charge is 0.203 e. The number of H-pyrrole nitrogens is 1. The molecular weight excluding hydrogens is 222 g/mol. The quantitative estimate of drug-likeness (QED) is 0.853. The van der Waals surface area contributed by atoms with Crippen molar-refractivity contribution in [3.05, 3.63) is 23.8 Å². The predicted molar refractivity (Wildman–Crippen MR) is 62.5 cm³/mol. The lowest BCUT2D eigenvalue weighted by Crippen LogP contribution is -2.05. The number of nitrogens with one attached hydrogen (secondary N) is 2. The summed E-state index contributed by atoms with van der Waals surface area (Å²) in [7, 11) is 0. The Morgan fingerprint density at radius 1 is 1.56 bits per heavy atom. The molecule has 6 heteroatoms. The lowest BCUT2D eigenvalue weighted by molar-refractivity contribution is 0.876. The number of aromatic nitrogens is 4. The van der Waals surface area contributed by atoms with Gasteiger partial charge < -0.3 is 5.32 Å². The molecule has 16 heavy (non-hydrogen) atoms. The molecule has 0 aromatic carbocycles. The van der Waals surface area contributed by atoms with Gasteiger partial charge in [0.05, 0.1) is 12.2 Å². The van der Waals surface area contributed by atoms with Crippen LogP contribution in [0.5, 0.6) is 0 Å². The lowest BCUT2D eigenvalue weighted by Gasteiger charge is -2.09. The van der Waals surface area contributed by atoms with Crippen LogP contribution in [0.2, 0.25) is 0 Å². The highest BCUT2D eigenvalue weighted by molar-refractivity contribution is 7.09. The Bertz CT molecular complexity index is 459. The first-order valence-electron chi connectivity index (χ1n) is 5.42. The van der Waals surface area contributed by atoms with E-state index < -0.39 is 0 Å². The Hall–Kier alpha value is -1.43. The molecule has 0 radical (unpaired) electrons. The van der Waals surface area contributed by atoms with E-state index in [1.54, 1.807) is 0 Å². The highest BCUT2D eigenvalue weighted by atomic mass is 32.1. The highest BCUT2D eigenvalue weighted by Crippen LogP contribution is 2.39. The molecule has 0 spiro atoms. The topological polar surface area (TPSA) is 66.5 Å². The van der Waals surface area contributed by atoms with Crippen LogP contribution in [0.3, 0.4) is 0 Å². The third-order valence-corrected chi connectivity index (χ3v) is 3.40. The van der Waals surface area contributed by atoms with Gasteiger partial charge in [-0.15, -0.1) is 0 Å². The SMILES string of the molecule is CC(Nc1nc(C2CC2)ns1)c1cn[nH]c1. The summed E-state index contributed by atoms with van der Waals surface area (Å²) in [5, 5.41) is 11.0. The largest absolute Gasteiger partial charge is 0.354 e. The maximum Gasteiger partial charge on any atom is 0.203 e. The molecule has 5 nitrogen and oxygen atoms in total. The van der Waals surface area contributed by atoms with Crippen molar-refractivity contribution in [1.29, 1.82) is 0 Å². The summed E-state index contributed by atoms with van der Waals surface area (Å²) in [6.07, 6.45) is 6.20. The zero-order chi connectivity index (χ0) is 11.0. The summed E-state index contributed by atoms with van der Waals surface area (Å²) < 4.78 is 4.36. The zero-order valence-electron chi connectivity index (χ0n) is 8.97. The summed E-state index contributed by atoms with van der Waals surface area (Å²) >= 11 is 1.44. The summed E-state index contributed by atoms with van der Waals surface area (Å²) in [6, 6.07) is 0.207. The molecule has 2 heterocycles. The van der Waals surface area contributed by atoms with E-state index in [9.17, 15) is 0 Å². The van der Waals surface area contributed by atoms with E-state index in [0.717, 1.165) is 16.5 Å². The molecule has 0 bridgehead atoms. The normalized spacial score (nSPS) is 17.3. The molecule has 2 aromatic rings. The molecule has 1 saturated carbocycles. The Morgan fingerprint density at radius 2 is 2.44 bits per heavy atom. The van der Waals surface area contributed by atoms with E-state index in [2.05, 4.69) is 31.8 Å². The van der Waals surface area contributed by atoms with Gasteiger partial charge in [0.15, 0.2) is 0 Å². The van der Waals surface area contributed by atoms with Gasteiger partial charge >= 0.3 is 0 Å². The van der Waals surface area contributed by atoms with E-state index in [1.807, 2.05) is 12.4 Å². The van der Waals surface area contributed by atoms with Crippen molar-refractivity contribution in [2.75, 3.05) is 5.32 Å². The van der Waals surface area contributed by atoms with Crippen LogP contribution in [0.4, 0.5) is 5.13 Å². The lowest BCUT2D eigenvalue weighted by atomic mass is 10.2. The molecule has 0 amide bonds. The van der Waals surface area contributed by atoms with Gasteiger partial charge in [0.2, 0.25) is 5.13 Å². The van der Waals surface area contributed by atoms with Crippen molar-refractivity contribution < 1.29 is 0 Å². The fraction of sp³-hybridized carbons (Fsp3) is 0.500. The minimum Gasteiger partial charge on any atom is -0.354 e. The van der Waals surface area contributed by atoms with Gasteiger partial charge in [-0.3, -0.25) is 5.10 Å². The average molecular weight is 235 g/mol. The van der Waals surface area contributed by atoms with Gasteiger partial charge in [0, 0.05) is 29.2 Å². The van der Waals surface area contributed by atoms with Crippen LogP contribution in [-0.2, 0) is 0 Å². The molecule has 1 unspecified atom stereocenters. The third kappa shape index (κ3) is 1.92. The van der Waals surface area contributed by atoms with E-state index in [0.29, 0.717) is 5.92 Å². The summed E-state index contributed by atoms with van der Waals surface area (Å²) in [4.78, 5) is 4.49. The Balaban J connectivity index is 1.68. The molecule has 2 aromatic heterocycles. The first kappa shape index (κ1) is 9.77. The minimum absolute atomic E-state index is 0.207. The average Bonchev–Trinajstić information content (AvgIpc) is 2.82. The fourth-order valence-electron chi connectivity index (χ4n) is 1.57. The predicted octanol–water partition coefficient (Wildman–Crippen LogP) is 2.31. The van der Waals surface area contributed by atoms with Crippen molar-refractivity contribution in [1.82, 2.24) is 19.6 Å². The molecular formula is C10H13N5S. The van der Waals surface area contributed by atoms with E-state index in [-0.39, 0.29) is 6.04 Å². The molecule has 84 valence electrons. The third-order valence-electron chi connectivity index (χ3n) is 2.74. The van der Waals surface area contributed by atoms with Crippen LogP contribution < -0.4 is 5.32 Å². The van der Waals surface area contributed by atoms with E-state index in [1.165, 1.54) is 24.4 Å². The van der Waals surface area contributed by atoms with Gasteiger partial charge in [0.25, 0.3) is 0 Å². The number of hydrogen-bond donors (Lipinski definition) is 2. The number of hydrogen-bond acceptors (Lipinski definition) is 5. The van der Waals surface area contributed by atoms with Gasteiger partial charge in [0.1, 0.15) is 5.82 Å². The maximum atomic E-state index is 4.49. The number of rotatable bonds is 4. The Labute approximate surface area is 97.5 Å². The summed E-state index contributed by atoms with van der Waals surface area (Å²) in [5.41, 5.74) is 1.13. The van der Waals surface area contributed by atoms with Crippen molar-refractivity contribution in [3.63, 3.8) is 0 Å². The Morgan fingerprint density at radius 3 is 3.12 bits per heavy atom. The van der Waals surface area contributed by atoms with Crippen molar-refractivity contribution >= 4 is 16.7 Å². The van der Waals surface area contributed by atoms with Gasteiger partial charge in [-0.05, 0) is 19.8 Å². The summed E-state index contributed by atoms with van der Waals surface area (Å²) in [5.74, 6) is 1.63. The second kappa shape index (κ2) is 3.86. The van der Waals surface area contributed by atoms with Gasteiger partial charge in [-0.25, -0.2) is 4.98 Å². The molecule has 1 aliphatic carbocycles. The molecule has 1 fully saturated rings. The molecule has 1 atom stereocenters. The zero-order valence-corrected chi connectivity index (χ0v) is 9.79. The first-order chi connectivity index (χ1) is 7.83. The molecule has 1 aliphatic rings. The van der Waals surface area contributed by atoms with E-state index >= 15 is 0 Å². The standard InChI is InChI=1S/C10H13N5S/c1-6(8-4-11-12-5-8)13-10-14-9(15-16-10)7-2-3-7/h4-7H,2-3H2,1H3,(H,11,12)(H,13,14,15). The monoisotopic (exact) mass is 235 g/mol. The number of aromatic amines is 1. The molecule has 2 N–H and O–H groups in total.